The van der Waals surface area contributed by atoms with Crippen LogP contribution in [-0.4, -0.2) is 17.5 Å². The molecule has 1 saturated heterocycles. The lowest BCUT2D eigenvalue weighted by Crippen LogP contribution is -2.29. The van der Waals surface area contributed by atoms with Crippen LogP contribution in [0.1, 0.15) is 39.5 Å². The van der Waals surface area contributed by atoms with Gasteiger partial charge in [-0.3, -0.25) is 0 Å². The van der Waals surface area contributed by atoms with Crippen LogP contribution in [-0.2, 0) is 0 Å². The van der Waals surface area contributed by atoms with Gasteiger partial charge in [0.2, 0.25) is 0 Å². The third-order valence-corrected chi connectivity index (χ3v) is 3.78. The molecule has 0 amide bonds. The third-order valence-electron chi connectivity index (χ3n) is 3.78. The summed E-state index contributed by atoms with van der Waals surface area (Å²) < 4.78 is 0. The summed E-state index contributed by atoms with van der Waals surface area (Å²) in [6, 6.07) is 0.744. The molecular weight excluding hydrogens is 158 g/mol. The zero-order valence-corrected chi connectivity index (χ0v) is 8.92. The lowest BCUT2D eigenvalue weighted by atomic mass is 10.0. The van der Waals surface area contributed by atoms with Crippen LogP contribution in [0.2, 0.25) is 0 Å². The van der Waals surface area contributed by atoms with Gasteiger partial charge in [0.25, 0.3) is 0 Å². The van der Waals surface area contributed by atoms with Crippen LogP contribution in [0.15, 0.2) is 12.3 Å². The summed E-state index contributed by atoms with van der Waals surface area (Å²) in [5.74, 6) is 1.70. The van der Waals surface area contributed by atoms with E-state index in [2.05, 4.69) is 25.3 Å². The van der Waals surface area contributed by atoms with Gasteiger partial charge in [-0.2, -0.15) is 0 Å². The molecule has 1 heteroatoms. The molecule has 13 heavy (non-hydrogen) atoms. The quantitative estimate of drug-likeness (QED) is 0.643. The zero-order chi connectivity index (χ0) is 9.42. The molecule has 0 aromatic heterocycles. The molecule has 2 rings (SSSR count). The molecule has 0 spiro atoms. The molecule has 0 radical (unpaired) electrons. The second kappa shape index (κ2) is 3.36. The first-order valence-electron chi connectivity index (χ1n) is 5.65. The zero-order valence-electron chi connectivity index (χ0n) is 8.92. The van der Waals surface area contributed by atoms with E-state index in [1.54, 1.807) is 0 Å². The second-order valence-corrected chi connectivity index (χ2v) is 4.80. The van der Waals surface area contributed by atoms with E-state index in [-0.39, 0.29) is 0 Å². The van der Waals surface area contributed by atoms with Crippen molar-refractivity contribution in [2.75, 3.05) is 6.54 Å². The number of hydrogen-bond donors (Lipinski definition) is 0. The SMILES string of the molecule is C=C(C(C)C1CC1)N1CCC[C@H]1C. The molecule has 2 fully saturated rings. The smallest absolute Gasteiger partial charge is 0.0259 e. The molecule has 2 atom stereocenters. The lowest BCUT2D eigenvalue weighted by Gasteiger charge is -2.30. The average Bonchev–Trinajstić information content (AvgIpc) is 2.87. The monoisotopic (exact) mass is 179 g/mol. The first-order valence-corrected chi connectivity index (χ1v) is 5.65. The molecule has 74 valence electrons. The van der Waals surface area contributed by atoms with Crippen molar-refractivity contribution in [3.63, 3.8) is 0 Å². The lowest BCUT2D eigenvalue weighted by molar-refractivity contribution is 0.294. The van der Waals surface area contributed by atoms with Crippen molar-refractivity contribution < 1.29 is 0 Å². The second-order valence-electron chi connectivity index (χ2n) is 4.80. The molecule has 0 N–H and O–H groups in total. The van der Waals surface area contributed by atoms with Crippen molar-refractivity contribution in [3.05, 3.63) is 12.3 Å². The van der Waals surface area contributed by atoms with E-state index in [9.17, 15) is 0 Å². The Labute approximate surface area is 81.8 Å². The van der Waals surface area contributed by atoms with Gasteiger partial charge in [-0.05, 0) is 44.4 Å². The highest BCUT2D eigenvalue weighted by molar-refractivity contribution is 5.06. The molecule has 1 saturated carbocycles. The van der Waals surface area contributed by atoms with E-state index in [1.165, 1.54) is 37.9 Å². The van der Waals surface area contributed by atoms with Crippen LogP contribution < -0.4 is 0 Å². The van der Waals surface area contributed by atoms with E-state index in [0.29, 0.717) is 0 Å². The maximum absolute atomic E-state index is 4.27. The van der Waals surface area contributed by atoms with E-state index in [4.69, 9.17) is 0 Å². The van der Waals surface area contributed by atoms with Crippen LogP contribution in [0.4, 0.5) is 0 Å². The average molecular weight is 179 g/mol. The number of allylic oxidation sites excluding steroid dienone is 1. The summed E-state index contributed by atoms with van der Waals surface area (Å²) in [6.07, 6.45) is 5.58. The Morgan fingerprint density at radius 1 is 1.38 bits per heavy atom. The van der Waals surface area contributed by atoms with Crippen molar-refractivity contribution >= 4 is 0 Å². The Hall–Kier alpha value is -0.460. The van der Waals surface area contributed by atoms with Gasteiger partial charge in [0.1, 0.15) is 0 Å². The van der Waals surface area contributed by atoms with Crippen molar-refractivity contribution in [1.29, 1.82) is 0 Å². The summed E-state index contributed by atoms with van der Waals surface area (Å²) in [6.45, 7) is 10.2. The highest BCUT2D eigenvalue weighted by Crippen LogP contribution is 2.41. The van der Waals surface area contributed by atoms with Gasteiger partial charge in [0.15, 0.2) is 0 Å². The van der Waals surface area contributed by atoms with Gasteiger partial charge in [0.05, 0.1) is 0 Å². The minimum atomic E-state index is 0.737. The highest BCUT2D eigenvalue weighted by atomic mass is 15.2. The minimum Gasteiger partial charge on any atom is -0.372 e. The van der Waals surface area contributed by atoms with Crippen LogP contribution >= 0.6 is 0 Å². The Bertz CT molecular complexity index is 205. The Morgan fingerprint density at radius 2 is 2.08 bits per heavy atom. The first kappa shape index (κ1) is 9.11. The van der Waals surface area contributed by atoms with Gasteiger partial charge in [-0.25, -0.2) is 0 Å². The van der Waals surface area contributed by atoms with Gasteiger partial charge in [0, 0.05) is 18.3 Å². The number of likely N-dealkylation sites (tertiary alicyclic amines) is 1. The molecule has 1 nitrogen and oxygen atoms in total. The van der Waals surface area contributed by atoms with Crippen LogP contribution in [0.5, 0.6) is 0 Å². The molecular formula is C12H21N. The van der Waals surface area contributed by atoms with Crippen molar-refractivity contribution in [2.45, 2.75) is 45.6 Å². The van der Waals surface area contributed by atoms with Gasteiger partial charge in [-0.1, -0.05) is 13.5 Å². The Kier molecular flexibility index (Phi) is 2.35. The highest BCUT2D eigenvalue weighted by Gasteiger charge is 2.33. The Morgan fingerprint density at radius 3 is 2.54 bits per heavy atom. The van der Waals surface area contributed by atoms with Gasteiger partial charge < -0.3 is 4.90 Å². The van der Waals surface area contributed by atoms with E-state index >= 15 is 0 Å². The summed E-state index contributed by atoms with van der Waals surface area (Å²) in [7, 11) is 0. The van der Waals surface area contributed by atoms with Crippen molar-refractivity contribution in [2.24, 2.45) is 11.8 Å². The minimum absolute atomic E-state index is 0.737. The number of hydrogen-bond acceptors (Lipinski definition) is 1. The first-order chi connectivity index (χ1) is 6.20. The molecule has 1 unspecified atom stereocenters. The Balaban J connectivity index is 1.94. The largest absolute Gasteiger partial charge is 0.372 e. The van der Waals surface area contributed by atoms with Crippen LogP contribution in [0.25, 0.3) is 0 Å². The number of nitrogens with zero attached hydrogens (tertiary/aromatic N) is 1. The molecule has 1 heterocycles. The molecule has 0 bridgehead atoms. The third kappa shape index (κ3) is 1.74. The topological polar surface area (TPSA) is 3.24 Å². The summed E-state index contributed by atoms with van der Waals surface area (Å²) >= 11 is 0. The summed E-state index contributed by atoms with van der Waals surface area (Å²) in [4.78, 5) is 2.53. The van der Waals surface area contributed by atoms with Gasteiger partial charge >= 0.3 is 0 Å². The van der Waals surface area contributed by atoms with E-state index < -0.39 is 0 Å². The molecule has 0 aromatic carbocycles. The van der Waals surface area contributed by atoms with Crippen molar-refractivity contribution in [3.8, 4) is 0 Å². The summed E-state index contributed by atoms with van der Waals surface area (Å²) in [5.41, 5.74) is 1.41. The van der Waals surface area contributed by atoms with Gasteiger partial charge in [-0.15, -0.1) is 0 Å². The predicted octanol–water partition coefficient (Wildman–Crippen LogP) is 3.03. The predicted molar refractivity (Wildman–Crippen MR) is 56.4 cm³/mol. The van der Waals surface area contributed by atoms with Crippen LogP contribution in [0.3, 0.4) is 0 Å². The van der Waals surface area contributed by atoms with Crippen LogP contribution in [0, 0.1) is 11.8 Å². The van der Waals surface area contributed by atoms with Crippen molar-refractivity contribution in [1.82, 2.24) is 4.90 Å². The summed E-state index contributed by atoms with van der Waals surface area (Å²) in [5, 5.41) is 0. The molecule has 1 aliphatic heterocycles. The fourth-order valence-electron chi connectivity index (χ4n) is 2.49. The number of rotatable bonds is 3. The van der Waals surface area contributed by atoms with E-state index in [0.717, 1.165) is 17.9 Å². The molecule has 0 aromatic rings. The maximum Gasteiger partial charge on any atom is 0.0259 e. The maximum atomic E-state index is 4.27. The standard InChI is InChI=1S/C12H21N/c1-9-5-4-8-13(9)11(3)10(2)12-6-7-12/h9-10,12H,3-8H2,1-2H3/t9-,10?/m1/s1. The fourth-order valence-corrected chi connectivity index (χ4v) is 2.49. The molecule has 2 aliphatic rings. The van der Waals surface area contributed by atoms with E-state index in [1.807, 2.05) is 0 Å². The fraction of sp³-hybridized carbons (Fsp3) is 0.833. The normalized spacial score (nSPS) is 30.6. The molecule has 1 aliphatic carbocycles.